The summed E-state index contributed by atoms with van der Waals surface area (Å²) in [4.78, 5) is 12.7. The average Bonchev–Trinajstić information content (AvgIpc) is 2.92. The van der Waals surface area contributed by atoms with E-state index in [1.54, 1.807) is 7.11 Å². The van der Waals surface area contributed by atoms with Crippen molar-refractivity contribution in [3.8, 4) is 5.75 Å². The second-order valence-electron chi connectivity index (χ2n) is 7.12. The first-order chi connectivity index (χ1) is 12.0. The van der Waals surface area contributed by atoms with Gasteiger partial charge in [0, 0.05) is 28.8 Å². The van der Waals surface area contributed by atoms with Crippen molar-refractivity contribution in [1.29, 1.82) is 0 Å². The lowest BCUT2D eigenvalue weighted by Gasteiger charge is -2.43. The van der Waals surface area contributed by atoms with Gasteiger partial charge in [-0.15, -0.1) is 0 Å². The van der Waals surface area contributed by atoms with Crippen molar-refractivity contribution in [3.63, 3.8) is 0 Å². The molecule has 0 aliphatic heterocycles. The molecule has 5 heteroatoms. The van der Waals surface area contributed by atoms with Crippen LogP contribution in [-0.2, 0) is 10.2 Å². The summed E-state index contributed by atoms with van der Waals surface area (Å²) in [5.74, 6) is 0.744. The zero-order chi connectivity index (χ0) is 18.0. The summed E-state index contributed by atoms with van der Waals surface area (Å²) < 4.78 is 5.55. The Labute approximate surface area is 149 Å². The third kappa shape index (κ3) is 3.15. The predicted molar refractivity (Wildman–Crippen MR) is 98.0 cm³/mol. The zero-order valence-corrected chi connectivity index (χ0v) is 15.5. The molecule has 0 bridgehead atoms. The topological polar surface area (TPSA) is 67.0 Å². The lowest BCUT2D eigenvalue weighted by molar-refractivity contribution is -0.122. The van der Waals surface area contributed by atoms with Crippen LogP contribution in [0.4, 0.5) is 0 Å². The summed E-state index contributed by atoms with van der Waals surface area (Å²) in [7, 11) is 1.70. The molecule has 1 fully saturated rings. The molecule has 1 aromatic carbocycles. The smallest absolute Gasteiger partial charge is 0.227 e. The number of carbonyl (C=O) groups excluding carboxylic acids is 1. The molecule has 3 rings (SSSR count). The molecule has 1 unspecified atom stereocenters. The number of aryl methyl sites for hydroxylation is 2. The van der Waals surface area contributed by atoms with Gasteiger partial charge in [-0.1, -0.05) is 24.6 Å². The van der Waals surface area contributed by atoms with Crippen LogP contribution in [0.1, 0.15) is 54.6 Å². The fourth-order valence-electron chi connectivity index (χ4n) is 3.97. The number of nitrogens with one attached hydrogen (secondary N) is 2. The number of hydrogen-bond donors (Lipinski definition) is 2. The molecule has 1 atom stereocenters. The molecule has 1 saturated carbocycles. The van der Waals surface area contributed by atoms with Gasteiger partial charge in [-0.05, 0) is 39.7 Å². The van der Waals surface area contributed by atoms with Crippen LogP contribution in [0.15, 0.2) is 24.3 Å². The van der Waals surface area contributed by atoms with Gasteiger partial charge in [-0.3, -0.25) is 9.89 Å². The third-order valence-electron chi connectivity index (χ3n) is 5.60. The van der Waals surface area contributed by atoms with E-state index >= 15 is 0 Å². The molecular formula is C20H27N3O2. The van der Waals surface area contributed by atoms with Crippen LogP contribution in [0.25, 0.3) is 0 Å². The molecule has 0 radical (unpaired) electrons. The molecule has 0 spiro atoms. The van der Waals surface area contributed by atoms with Crippen molar-refractivity contribution in [1.82, 2.24) is 15.5 Å². The summed E-state index contributed by atoms with van der Waals surface area (Å²) in [6, 6.07) is 8.15. The number of methoxy groups -OCH3 is 1. The summed E-state index contributed by atoms with van der Waals surface area (Å²) >= 11 is 0. The SMILES string of the molecule is COc1ccccc1C1(CNC(=O)C(C)c2c(C)n[nH]c2C)CCC1. The predicted octanol–water partition coefficient (Wildman–Crippen LogP) is 3.38. The minimum absolute atomic E-state index is 0.0114. The van der Waals surface area contributed by atoms with Crippen LogP contribution >= 0.6 is 0 Å². The van der Waals surface area contributed by atoms with Crippen LogP contribution < -0.4 is 10.1 Å². The Hall–Kier alpha value is -2.30. The Morgan fingerprint density at radius 3 is 2.64 bits per heavy atom. The number of benzene rings is 1. The van der Waals surface area contributed by atoms with Gasteiger partial charge < -0.3 is 10.1 Å². The van der Waals surface area contributed by atoms with Crippen molar-refractivity contribution >= 4 is 5.91 Å². The lowest BCUT2D eigenvalue weighted by atomic mass is 9.64. The third-order valence-corrected chi connectivity index (χ3v) is 5.60. The van der Waals surface area contributed by atoms with E-state index in [9.17, 15) is 4.79 Å². The summed E-state index contributed by atoms with van der Waals surface area (Å²) in [5.41, 5.74) is 4.04. The average molecular weight is 341 g/mol. The van der Waals surface area contributed by atoms with Crippen molar-refractivity contribution in [2.45, 2.75) is 51.4 Å². The normalized spacial score (nSPS) is 16.8. The molecule has 5 nitrogen and oxygen atoms in total. The minimum Gasteiger partial charge on any atom is -0.496 e. The first-order valence-electron chi connectivity index (χ1n) is 8.91. The van der Waals surface area contributed by atoms with E-state index in [1.165, 1.54) is 12.0 Å². The molecule has 1 heterocycles. The first kappa shape index (κ1) is 17.5. The van der Waals surface area contributed by atoms with Crippen molar-refractivity contribution in [2.24, 2.45) is 0 Å². The number of nitrogens with zero attached hydrogens (tertiary/aromatic N) is 1. The van der Waals surface area contributed by atoms with Crippen LogP contribution in [0.5, 0.6) is 5.75 Å². The molecule has 1 aromatic heterocycles. The maximum Gasteiger partial charge on any atom is 0.227 e. The number of aromatic nitrogens is 2. The molecule has 1 amide bonds. The lowest BCUT2D eigenvalue weighted by Crippen LogP contribution is -2.46. The van der Waals surface area contributed by atoms with Crippen molar-refractivity contribution in [2.75, 3.05) is 13.7 Å². The van der Waals surface area contributed by atoms with Gasteiger partial charge in [-0.25, -0.2) is 0 Å². The van der Waals surface area contributed by atoms with Gasteiger partial charge in [0.05, 0.1) is 18.7 Å². The molecule has 25 heavy (non-hydrogen) atoms. The number of H-pyrrole nitrogens is 1. The van der Waals surface area contributed by atoms with Gasteiger partial charge in [0.1, 0.15) is 5.75 Å². The van der Waals surface area contributed by atoms with E-state index < -0.39 is 0 Å². The van der Waals surface area contributed by atoms with E-state index in [0.29, 0.717) is 6.54 Å². The van der Waals surface area contributed by atoms with E-state index in [1.807, 2.05) is 39.0 Å². The van der Waals surface area contributed by atoms with Crippen LogP contribution in [0.2, 0.25) is 0 Å². The van der Waals surface area contributed by atoms with Gasteiger partial charge in [0.15, 0.2) is 0 Å². The summed E-state index contributed by atoms with van der Waals surface area (Å²) in [5, 5.41) is 10.3. The van der Waals surface area contributed by atoms with E-state index in [0.717, 1.165) is 35.5 Å². The van der Waals surface area contributed by atoms with Gasteiger partial charge in [-0.2, -0.15) is 5.10 Å². The number of rotatable bonds is 6. The molecular weight excluding hydrogens is 314 g/mol. The van der Waals surface area contributed by atoms with Crippen LogP contribution in [0.3, 0.4) is 0 Å². The molecule has 134 valence electrons. The highest BCUT2D eigenvalue weighted by atomic mass is 16.5. The number of carbonyl (C=O) groups is 1. The first-order valence-corrected chi connectivity index (χ1v) is 8.91. The largest absolute Gasteiger partial charge is 0.496 e. The zero-order valence-electron chi connectivity index (χ0n) is 15.5. The number of para-hydroxylation sites is 1. The van der Waals surface area contributed by atoms with E-state index in [2.05, 4.69) is 21.6 Å². The molecule has 1 aliphatic rings. The number of amides is 1. The highest BCUT2D eigenvalue weighted by molar-refractivity contribution is 5.83. The number of ether oxygens (including phenoxy) is 1. The summed E-state index contributed by atoms with van der Waals surface area (Å²) in [6.07, 6.45) is 3.33. The van der Waals surface area contributed by atoms with Gasteiger partial charge in [0.25, 0.3) is 0 Å². The maximum atomic E-state index is 12.7. The molecule has 2 N–H and O–H groups in total. The van der Waals surface area contributed by atoms with Crippen LogP contribution in [-0.4, -0.2) is 29.8 Å². The Kier molecular flexibility index (Phi) is 4.84. The van der Waals surface area contributed by atoms with Crippen molar-refractivity contribution in [3.05, 3.63) is 46.8 Å². The highest BCUT2D eigenvalue weighted by Gasteiger charge is 2.41. The maximum absolute atomic E-state index is 12.7. The molecule has 0 saturated heterocycles. The number of hydrogen-bond acceptors (Lipinski definition) is 3. The van der Waals surface area contributed by atoms with Crippen molar-refractivity contribution < 1.29 is 9.53 Å². The highest BCUT2D eigenvalue weighted by Crippen LogP contribution is 2.46. The minimum atomic E-state index is -0.214. The Bertz CT molecular complexity index is 743. The van der Waals surface area contributed by atoms with E-state index in [4.69, 9.17) is 4.74 Å². The second-order valence-corrected chi connectivity index (χ2v) is 7.12. The number of aromatic amines is 1. The molecule has 1 aliphatic carbocycles. The Morgan fingerprint density at radius 1 is 1.36 bits per heavy atom. The summed E-state index contributed by atoms with van der Waals surface area (Å²) in [6.45, 7) is 6.48. The Balaban J connectivity index is 1.74. The molecule has 2 aromatic rings. The fraction of sp³-hybridized carbons (Fsp3) is 0.500. The fourth-order valence-corrected chi connectivity index (χ4v) is 3.97. The van der Waals surface area contributed by atoms with Gasteiger partial charge >= 0.3 is 0 Å². The second kappa shape index (κ2) is 6.90. The van der Waals surface area contributed by atoms with Gasteiger partial charge in [0.2, 0.25) is 5.91 Å². The monoisotopic (exact) mass is 341 g/mol. The quantitative estimate of drug-likeness (QED) is 0.846. The van der Waals surface area contributed by atoms with Crippen LogP contribution in [0, 0.1) is 13.8 Å². The van der Waals surface area contributed by atoms with E-state index in [-0.39, 0.29) is 17.2 Å². The standard InChI is InChI=1S/C20H27N3O2/c1-13(18-14(2)22-23-15(18)3)19(24)21-12-20(10-7-11-20)16-8-5-6-9-17(16)25-4/h5-6,8-9,13H,7,10-12H2,1-4H3,(H,21,24)(H,22,23). The Morgan fingerprint density at radius 2 is 2.08 bits per heavy atom.